The van der Waals surface area contributed by atoms with Crippen LogP contribution in [-0.4, -0.2) is 0 Å². The molecule has 0 unspecified atom stereocenters. The summed E-state index contributed by atoms with van der Waals surface area (Å²) in [6, 6.07) is 8.80. The van der Waals surface area contributed by atoms with Crippen molar-refractivity contribution < 1.29 is 0 Å². The number of hydrogen-bond acceptors (Lipinski definition) is 1. The maximum Gasteiger partial charge on any atom is -0.0276 e. The highest BCUT2D eigenvalue weighted by molar-refractivity contribution is 5.28. The summed E-state index contributed by atoms with van der Waals surface area (Å²) in [6.07, 6.45) is 5.38. The zero-order valence-electron chi connectivity index (χ0n) is 6.84. The van der Waals surface area contributed by atoms with Gasteiger partial charge in [0.2, 0.25) is 0 Å². The summed E-state index contributed by atoms with van der Waals surface area (Å²) >= 11 is 0. The first kappa shape index (κ1) is 8.28. The Kier molecular flexibility index (Phi) is 2.66. The molecule has 1 aliphatic rings. The van der Waals surface area contributed by atoms with Crippen LogP contribution in [0.15, 0.2) is 24.3 Å². The first-order valence-electron chi connectivity index (χ1n) is 4.03. The molecule has 0 bridgehead atoms. The van der Waals surface area contributed by atoms with E-state index in [2.05, 4.69) is 24.3 Å². The predicted octanol–water partition coefficient (Wildman–Crippen LogP) is 2.73. The predicted molar refractivity (Wildman–Crippen MR) is 48.1 cm³/mol. The lowest BCUT2D eigenvalue weighted by Crippen LogP contribution is -2.00. The van der Waals surface area contributed by atoms with E-state index in [0.717, 1.165) is 0 Å². The second-order valence-electron chi connectivity index (χ2n) is 2.98. The van der Waals surface area contributed by atoms with Gasteiger partial charge < -0.3 is 6.15 Å². The number of aryl methyl sites for hydroxylation is 2. The second kappa shape index (κ2) is 3.54. The van der Waals surface area contributed by atoms with Crippen molar-refractivity contribution in [2.45, 2.75) is 25.7 Å². The first-order valence-corrected chi connectivity index (χ1v) is 4.03. The number of benzene rings is 1. The van der Waals surface area contributed by atoms with Crippen LogP contribution in [0.4, 0.5) is 0 Å². The van der Waals surface area contributed by atoms with E-state index >= 15 is 0 Å². The van der Waals surface area contributed by atoms with Crippen molar-refractivity contribution in [3.63, 3.8) is 0 Å². The van der Waals surface area contributed by atoms with Crippen molar-refractivity contribution in [1.29, 1.82) is 0 Å². The van der Waals surface area contributed by atoms with Crippen molar-refractivity contribution in [3.8, 4) is 0 Å². The summed E-state index contributed by atoms with van der Waals surface area (Å²) in [4.78, 5) is 0. The van der Waals surface area contributed by atoms with Gasteiger partial charge in [0.25, 0.3) is 0 Å². The van der Waals surface area contributed by atoms with Gasteiger partial charge in [0.15, 0.2) is 0 Å². The molecule has 0 fully saturated rings. The van der Waals surface area contributed by atoms with E-state index in [1.165, 1.54) is 25.7 Å². The molecule has 0 amide bonds. The summed E-state index contributed by atoms with van der Waals surface area (Å²) in [7, 11) is 0. The van der Waals surface area contributed by atoms with E-state index in [1.54, 1.807) is 11.1 Å². The minimum Gasteiger partial charge on any atom is -0.344 e. The van der Waals surface area contributed by atoms with Gasteiger partial charge in [-0.25, -0.2) is 0 Å². The molecule has 0 aromatic heterocycles. The lowest BCUT2D eigenvalue weighted by molar-refractivity contribution is 0.685. The third-order valence-electron chi connectivity index (χ3n) is 2.26. The van der Waals surface area contributed by atoms with Crippen molar-refractivity contribution in [2.75, 3.05) is 0 Å². The molecule has 3 N–H and O–H groups in total. The first-order chi connectivity index (χ1) is 4.97. The van der Waals surface area contributed by atoms with Crippen molar-refractivity contribution >= 4 is 0 Å². The molecule has 1 aromatic carbocycles. The maximum absolute atomic E-state index is 2.26. The van der Waals surface area contributed by atoms with Crippen LogP contribution < -0.4 is 6.15 Å². The molecule has 1 nitrogen and oxygen atoms in total. The van der Waals surface area contributed by atoms with Gasteiger partial charge in [-0.05, 0) is 36.8 Å². The molecule has 0 radical (unpaired) electrons. The lowest BCUT2D eigenvalue weighted by Gasteiger charge is -2.13. The molecule has 0 aliphatic heterocycles. The zero-order valence-corrected chi connectivity index (χ0v) is 6.84. The highest BCUT2D eigenvalue weighted by atomic mass is 14.1. The van der Waals surface area contributed by atoms with E-state index in [4.69, 9.17) is 0 Å². The van der Waals surface area contributed by atoms with Gasteiger partial charge in [0.05, 0.1) is 0 Å². The van der Waals surface area contributed by atoms with Crippen LogP contribution in [0.2, 0.25) is 0 Å². The van der Waals surface area contributed by atoms with Crippen LogP contribution in [0.1, 0.15) is 24.0 Å². The third-order valence-corrected chi connectivity index (χ3v) is 2.26. The van der Waals surface area contributed by atoms with E-state index in [0.29, 0.717) is 0 Å². The van der Waals surface area contributed by atoms with Crippen molar-refractivity contribution in [2.24, 2.45) is 0 Å². The van der Waals surface area contributed by atoms with Crippen molar-refractivity contribution in [1.82, 2.24) is 6.15 Å². The molecule has 0 saturated heterocycles. The Morgan fingerprint density at radius 1 is 0.818 bits per heavy atom. The number of fused-ring (bicyclic) bond motifs is 1. The topological polar surface area (TPSA) is 35.0 Å². The van der Waals surface area contributed by atoms with Crippen LogP contribution in [0.25, 0.3) is 0 Å². The smallest absolute Gasteiger partial charge is 0.0276 e. The minimum absolute atomic E-state index is 0. The zero-order chi connectivity index (χ0) is 6.81. The summed E-state index contributed by atoms with van der Waals surface area (Å²) < 4.78 is 0. The fraction of sp³-hybridized carbons (Fsp3) is 0.400. The fourth-order valence-electron chi connectivity index (χ4n) is 1.68. The molecule has 1 heteroatoms. The maximum atomic E-state index is 2.26. The molecule has 0 saturated carbocycles. The Morgan fingerprint density at radius 2 is 1.27 bits per heavy atom. The molecular weight excluding hydrogens is 134 g/mol. The summed E-state index contributed by atoms with van der Waals surface area (Å²) in [6.45, 7) is 0. The Bertz CT molecular complexity index is 205. The highest BCUT2D eigenvalue weighted by Crippen LogP contribution is 2.19. The van der Waals surface area contributed by atoms with Gasteiger partial charge in [-0.15, -0.1) is 0 Å². The van der Waals surface area contributed by atoms with E-state index < -0.39 is 0 Å². The van der Waals surface area contributed by atoms with Gasteiger partial charge in [-0.3, -0.25) is 0 Å². The quantitative estimate of drug-likeness (QED) is 0.604. The largest absolute Gasteiger partial charge is 0.344 e. The molecule has 60 valence electrons. The van der Waals surface area contributed by atoms with Crippen LogP contribution in [-0.2, 0) is 12.8 Å². The molecule has 0 spiro atoms. The van der Waals surface area contributed by atoms with E-state index in [-0.39, 0.29) is 6.15 Å². The monoisotopic (exact) mass is 149 g/mol. The minimum atomic E-state index is 0. The van der Waals surface area contributed by atoms with Gasteiger partial charge in [-0.2, -0.15) is 0 Å². The molecular formula is C10H15N. The van der Waals surface area contributed by atoms with E-state index in [1.807, 2.05) is 0 Å². The lowest BCUT2D eigenvalue weighted by atomic mass is 9.92. The molecule has 2 rings (SSSR count). The fourth-order valence-corrected chi connectivity index (χ4v) is 1.68. The highest BCUT2D eigenvalue weighted by Gasteiger charge is 2.05. The van der Waals surface area contributed by atoms with E-state index in [9.17, 15) is 0 Å². The van der Waals surface area contributed by atoms with Gasteiger partial charge in [0.1, 0.15) is 0 Å². The number of hydrogen-bond donors (Lipinski definition) is 1. The van der Waals surface area contributed by atoms with Gasteiger partial charge in [0, 0.05) is 0 Å². The van der Waals surface area contributed by atoms with Crippen LogP contribution >= 0.6 is 0 Å². The standard InChI is InChI=1S/C10H12.H3N/c1-2-6-10-8-4-3-7-9(10)5-1;/h1-2,5-6H,3-4,7-8H2;1H3. The summed E-state index contributed by atoms with van der Waals surface area (Å²) in [5.74, 6) is 0. The Balaban J connectivity index is 0.000000605. The van der Waals surface area contributed by atoms with Crippen LogP contribution in [0, 0.1) is 0 Å². The Hall–Kier alpha value is -0.820. The normalized spacial score (nSPS) is 14.9. The molecule has 1 aromatic rings. The van der Waals surface area contributed by atoms with Gasteiger partial charge in [-0.1, -0.05) is 24.3 Å². The Morgan fingerprint density at radius 3 is 1.73 bits per heavy atom. The van der Waals surface area contributed by atoms with Crippen molar-refractivity contribution in [3.05, 3.63) is 35.4 Å². The average molecular weight is 149 g/mol. The Labute approximate surface area is 68.0 Å². The molecule has 1 aliphatic carbocycles. The summed E-state index contributed by atoms with van der Waals surface area (Å²) in [5, 5.41) is 0. The SMILES string of the molecule is N.c1ccc2c(c1)CCCC2. The summed E-state index contributed by atoms with van der Waals surface area (Å²) in [5.41, 5.74) is 3.16. The van der Waals surface area contributed by atoms with Crippen LogP contribution in [0.5, 0.6) is 0 Å². The number of rotatable bonds is 0. The van der Waals surface area contributed by atoms with Gasteiger partial charge >= 0.3 is 0 Å². The van der Waals surface area contributed by atoms with Crippen LogP contribution in [0.3, 0.4) is 0 Å². The second-order valence-corrected chi connectivity index (χ2v) is 2.98. The molecule has 0 heterocycles. The molecule has 0 atom stereocenters. The average Bonchev–Trinajstić information content (AvgIpc) is 2.05. The molecule has 11 heavy (non-hydrogen) atoms. The third kappa shape index (κ3) is 1.60.